The Hall–Kier alpha value is -3.46. The van der Waals surface area contributed by atoms with Crippen molar-refractivity contribution in [2.45, 2.75) is 25.4 Å². The molecule has 31 heavy (non-hydrogen) atoms. The minimum absolute atomic E-state index is 0.0422. The van der Waals surface area contributed by atoms with E-state index in [1.54, 1.807) is 31.2 Å². The van der Waals surface area contributed by atoms with Gasteiger partial charge in [0.2, 0.25) is 0 Å². The Kier molecular flexibility index (Phi) is 6.55. The van der Waals surface area contributed by atoms with E-state index in [9.17, 15) is 22.0 Å². The van der Waals surface area contributed by atoms with Crippen LogP contribution in [0.25, 0.3) is 0 Å². The Morgan fingerprint density at radius 1 is 0.903 bits per heavy atom. The van der Waals surface area contributed by atoms with Gasteiger partial charge in [-0.1, -0.05) is 23.8 Å². The maximum absolute atomic E-state index is 12.7. The number of aryl methyl sites for hydroxylation is 2. The van der Waals surface area contributed by atoms with Crippen molar-refractivity contribution in [1.29, 1.82) is 0 Å². The fourth-order valence-electron chi connectivity index (χ4n) is 2.77. The highest BCUT2D eigenvalue weighted by atomic mass is 32.2. The number of anilines is 2. The number of rotatable bonds is 7. The van der Waals surface area contributed by atoms with Crippen LogP contribution in [-0.4, -0.2) is 20.9 Å². The van der Waals surface area contributed by atoms with Crippen LogP contribution in [0.1, 0.15) is 21.5 Å². The van der Waals surface area contributed by atoms with Crippen LogP contribution in [0.2, 0.25) is 0 Å². The minimum atomic E-state index is -3.91. The third kappa shape index (κ3) is 5.79. The highest BCUT2D eigenvalue weighted by Gasteiger charge is 2.18. The van der Waals surface area contributed by atoms with Gasteiger partial charge in [0, 0.05) is 16.9 Å². The molecule has 0 saturated heterocycles. The molecule has 1 amide bonds. The lowest BCUT2D eigenvalue weighted by Crippen LogP contribution is -2.17. The van der Waals surface area contributed by atoms with Gasteiger partial charge in [0.05, 0.1) is 4.90 Å². The van der Waals surface area contributed by atoms with E-state index in [0.29, 0.717) is 16.9 Å². The Morgan fingerprint density at radius 2 is 1.52 bits per heavy atom. The van der Waals surface area contributed by atoms with E-state index in [0.717, 1.165) is 5.56 Å². The summed E-state index contributed by atoms with van der Waals surface area (Å²) in [7, 11) is -3.91. The number of sulfonamides is 1. The molecule has 0 aliphatic carbocycles. The number of benzene rings is 3. The summed E-state index contributed by atoms with van der Waals surface area (Å²) in [6.45, 7) is 0.627. The van der Waals surface area contributed by atoms with Crippen molar-refractivity contribution in [3.05, 3.63) is 83.4 Å². The molecular weight excluding hydrogens is 426 g/mol. The van der Waals surface area contributed by atoms with Gasteiger partial charge in [0.25, 0.3) is 15.9 Å². The maximum atomic E-state index is 12.7. The van der Waals surface area contributed by atoms with Gasteiger partial charge in [-0.05, 0) is 67.9 Å². The molecule has 0 unspecified atom stereocenters. The minimum Gasteiger partial charge on any atom is -0.435 e. The van der Waals surface area contributed by atoms with E-state index in [1.807, 2.05) is 6.92 Å². The molecule has 0 aliphatic heterocycles. The molecule has 0 fully saturated rings. The molecular formula is C22H20F2N2O4S. The first-order valence-electron chi connectivity index (χ1n) is 9.20. The summed E-state index contributed by atoms with van der Waals surface area (Å²) in [5.41, 5.74) is 2.48. The highest BCUT2D eigenvalue weighted by Crippen LogP contribution is 2.22. The zero-order valence-corrected chi connectivity index (χ0v) is 17.5. The predicted molar refractivity (Wildman–Crippen MR) is 114 cm³/mol. The van der Waals surface area contributed by atoms with Crippen LogP contribution in [0.5, 0.6) is 5.75 Å². The molecule has 0 heterocycles. The summed E-state index contributed by atoms with van der Waals surface area (Å²) in [6.07, 6.45) is 0. The average molecular weight is 446 g/mol. The molecule has 3 aromatic carbocycles. The zero-order chi connectivity index (χ0) is 22.6. The smallest absolute Gasteiger partial charge is 0.387 e. The first-order chi connectivity index (χ1) is 14.6. The van der Waals surface area contributed by atoms with E-state index in [1.165, 1.54) is 42.5 Å². The van der Waals surface area contributed by atoms with Crippen molar-refractivity contribution < 1.29 is 26.7 Å². The summed E-state index contributed by atoms with van der Waals surface area (Å²) in [5, 5.41) is 2.62. The number of alkyl halides is 2. The second-order valence-electron chi connectivity index (χ2n) is 6.81. The molecule has 162 valence electrons. The number of halogens is 2. The molecule has 2 N–H and O–H groups in total. The Labute approximate surface area is 178 Å². The van der Waals surface area contributed by atoms with Gasteiger partial charge in [0.15, 0.2) is 0 Å². The summed E-state index contributed by atoms with van der Waals surface area (Å²) in [5.74, 6) is -0.577. The lowest BCUT2D eigenvalue weighted by molar-refractivity contribution is -0.0498. The van der Waals surface area contributed by atoms with Gasteiger partial charge in [-0.2, -0.15) is 8.78 Å². The fraction of sp³-hybridized carbons (Fsp3) is 0.136. The van der Waals surface area contributed by atoms with Crippen LogP contribution < -0.4 is 14.8 Å². The first-order valence-corrected chi connectivity index (χ1v) is 10.7. The molecule has 3 rings (SSSR count). The summed E-state index contributed by atoms with van der Waals surface area (Å²) in [4.78, 5) is 12.6. The van der Waals surface area contributed by atoms with Crippen LogP contribution in [-0.2, 0) is 10.0 Å². The average Bonchev–Trinajstić information content (AvgIpc) is 2.71. The molecule has 0 atom stereocenters. The quantitative estimate of drug-likeness (QED) is 0.537. The molecule has 3 aromatic rings. The SMILES string of the molecule is Cc1ccc(NS(=O)(=O)c2ccc(C)c(C(=O)Nc3ccc(OC(F)F)cc3)c2)cc1. The van der Waals surface area contributed by atoms with Gasteiger partial charge >= 0.3 is 6.61 Å². The van der Waals surface area contributed by atoms with Crippen molar-refractivity contribution in [2.75, 3.05) is 10.0 Å². The molecule has 6 nitrogen and oxygen atoms in total. The number of hydrogen-bond acceptors (Lipinski definition) is 4. The monoisotopic (exact) mass is 446 g/mol. The Balaban J connectivity index is 1.79. The summed E-state index contributed by atoms with van der Waals surface area (Å²) in [6, 6.07) is 16.5. The van der Waals surface area contributed by atoms with Crippen LogP contribution >= 0.6 is 0 Å². The number of amides is 1. The number of hydrogen-bond donors (Lipinski definition) is 2. The number of nitrogens with one attached hydrogen (secondary N) is 2. The standard InChI is InChI=1S/C22H20F2N2O4S/c1-14-3-6-17(7-4-14)26-31(28,29)19-12-5-15(2)20(13-19)21(27)25-16-8-10-18(11-9-16)30-22(23)24/h3-13,22,26H,1-2H3,(H,25,27). The molecule has 0 saturated carbocycles. The van der Waals surface area contributed by atoms with Gasteiger partial charge in [-0.15, -0.1) is 0 Å². The van der Waals surface area contributed by atoms with Crippen molar-refractivity contribution in [2.24, 2.45) is 0 Å². The highest BCUT2D eigenvalue weighted by molar-refractivity contribution is 7.92. The second-order valence-corrected chi connectivity index (χ2v) is 8.49. The molecule has 0 aromatic heterocycles. The van der Waals surface area contributed by atoms with Crippen molar-refractivity contribution in [3.8, 4) is 5.75 Å². The molecule has 9 heteroatoms. The maximum Gasteiger partial charge on any atom is 0.387 e. The van der Waals surface area contributed by atoms with Crippen LogP contribution in [0.3, 0.4) is 0 Å². The van der Waals surface area contributed by atoms with E-state index < -0.39 is 22.5 Å². The lowest BCUT2D eigenvalue weighted by Gasteiger charge is -2.12. The summed E-state index contributed by atoms with van der Waals surface area (Å²) >= 11 is 0. The van der Waals surface area contributed by atoms with E-state index in [4.69, 9.17) is 0 Å². The van der Waals surface area contributed by atoms with E-state index in [2.05, 4.69) is 14.8 Å². The molecule has 0 bridgehead atoms. The Bertz CT molecular complexity index is 1180. The second kappa shape index (κ2) is 9.13. The van der Waals surface area contributed by atoms with Crippen LogP contribution in [0.15, 0.2) is 71.6 Å². The number of carbonyl (C=O) groups is 1. The lowest BCUT2D eigenvalue weighted by atomic mass is 10.1. The van der Waals surface area contributed by atoms with Crippen molar-refractivity contribution in [1.82, 2.24) is 0 Å². The topological polar surface area (TPSA) is 84.5 Å². The molecule has 0 spiro atoms. The predicted octanol–water partition coefficient (Wildman–Crippen LogP) is 4.96. The van der Waals surface area contributed by atoms with Crippen LogP contribution in [0.4, 0.5) is 20.2 Å². The first kappa shape index (κ1) is 22.2. The number of ether oxygens (including phenoxy) is 1. The van der Waals surface area contributed by atoms with Crippen molar-refractivity contribution >= 4 is 27.3 Å². The van der Waals surface area contributed by atoms with Crippen molar-refractivity contribution in [3.63, 3.8) is 0 Å². The summed E-state index contributed by atoms with van der Waals surface area (Å²) < 4.78 is 56.7. The van der Waals surface area contributed by atoms with Gasteiger partial charge in [-0.3, -0.25) is 9.52 Å². The Morgan fingerprint density at radius 3 is 2.13 bits per heavy atom. The fourth-order valence-corrected chi connectivity index (χ4v) is 3.85. The largest absolute Gasteiger partial charge is 0.435 e. The molecule has 0 radical (unpaired) electrons. The third-order valence-corrected chi connectivity index (χ3v) is 5.78. The van der Waals surface area contributed by atoms with Gasteiger partial charge in [-0.25, -0.2) is 8.42 Å². The van der Waals surface area contributed by atoms with Gasteiger partial charge in [0.1, 0.15) is 5.75 Å². The van der Waals surface area contributed by atoms with E-state index >= 15 is 0 Å². The number of carbonyl (C=O) groups excluding carboxylic acids is 1. The molecule has 0 aliphatic rings. The third-order valence-electron chi connectivity index (χ3n) is 4.41. The van der Waals surface area contributed by atoms with Gasteiger partial charge < -0.3 is 10.1 Å². The van der Waals surface area contributed by atoms with E-state index in [-0.39, 0.29) is 16.2 Å². The zero-order valence-electron chi connectivity index (χ0n) is 16.7. The normalized spacial score (nSPS) is 11.3. The van der Waals surface area contributed by atoms with Crippen LogP contribution in [0, 0.1) is 13.8 Å².